The Bertz CT molecular complexity index is 860. The summed E-state index contributed by atoms with van der Waals surface area (Å²) in [6.45, 7) is 3.80. The van der Waals surface area contributed by atoms with E-state index in [1.165, 1.54) is 34.8 Å². The molecule has 0 aliphatic heterocycles. The zero-order chi connectivity index (χ0) is 17.1. The Kier molecular flexibility index (Phi) is 5.22. The molecular weight excluding hydrogens is 367 g/mol. The van der Waals surface area contributed by atoms with Gasteiger partial charge in [0.05, 0.1) is 5.69 Å². The lowest BCUT2D eigenvalue weighted by atomic mass is 10.2. The predicted molar refractivity (Wildman–Crippen MR) is 96.5 cm³/mol. The third kappa shape index (κ3) is 3.80. The molecule has 2 aromatic heterocycles. The highest BCUT2D eigenvalue weighted by atomic mass is 32.2. The van der Waals surface area contributed by atoms with Gasteiger partial charge < -0.3 is 0 Å². The highest BCUT2D eigenvalue weighted by Gasteiger charge is 2.18. The van der Waals surface area contributed by atoms with Gasteiger partial charge in [-0.3, -0.25) is 10.1 Å². The summed E-state index contributed by atoms with van der Waals surface area (Å²) in [5, 5.41) is 11.9. The molecule has 24 heavy (non-hydrogen) atoms. The van der Waals surface area contributed by atoms with Gasteiger partial charge in [0.15, 0.2) is 4.34 Å². The van der Waals surface area contributed by atoms with E-state index in [0.29, 0.717) is 20.7 Å². The van der Waals surface area contributed by atoms with Crippen LogP contribution in [0.3, 0.4) is 0 Å². The second-order valence-corrected chi connectivity index (χ2v) is 8.19. The van der Waals surface area contributed by atoms with Crippen molar-refractivity contribution in [2.75, 3.05) is 11.1 Å². The molecule has 3 aromatic rings. The van der Waals surface area contributed by atoms with Crippen LogP contribution in [0, 0.1) is 12.7 Å². The van der Waals surface area contributed by atoms with Crippen molar-refractivity contribution in [1.29, 1.82) is 0 Å². The molecule has 0 atom stereocenters. The number of thiazole rings is 1. The summed E-state index contributed by atoms with van der Waals surface area (Å²) in [5.41, 5.74) is 1.41. The van der Waals surface area contributed by atoms with Crippen LogP contribution in [0.2, 0.25) is 0 Å². The van der Waals surface area contributed by atoms with E-state index in [2.05, 4.69) is 20.5 Å². The Labute approximate surface area is 150 Å². The number of nitrogens with zero attached hydrogens (tertiary/aromatic N) is 3. The highest BCUT2D eigenvalue weighted by molar-refractivity contribution is 8.01. The van der Waals surface area contributed by atoms with Crippen LogP contribution in [0.25, 0.3) is 10.6 Å². The maximum atomic E-state index is 13.0. The monoisotopic (exact) mass is 380 g/mol. The molecule has 0 radical (unpaired) electrons. The average molecular weight is 380 g/mol. The second kappa shape index (κ2) is 7.37. The minimum Gasteiger partial charge on any atom is -0.296 e. The molecule has 124 valence electrons. The zero-order valence-electron chi connectivity index (χ0n) is 12.9. The van der Waals surface area contributed by atoms with Crippen LogP contribution in [-0.4, -0.2) is 26.8 Å². The number of aryl methyl sites for hydroxylation is 1. The number of amides is 1. The number of nitrogens with one attached hydrogen (secondary N) is 1. The van der Waals surface area contributed by atoms with Gasteiger partial charge in [0.25, 0.3) is 5.91 Å². The van der Waals surface area contributed by atoms with Crippen LogP contribution >= 0.6 is 34.4 Å². The molecule has 0 fully saturated rings. The van der Waals surface area contributed by atoms with Gasteiger partial charge in [-0.2, -0.15) is 0 Å². The molecule has 9 heteroatoms. The predicted octanol–water partition coefficient (Wildman–Crippen LogP) is 4.47. The first-order valence-corrected chi connectivity index (χ1v) is 9.69. The Morgan fingerprint density at radius 2 is 2.00 bits per heavy atom. The van der Waals surface area contributed by atoms with E-state index in [9.17, 15) is 9.18 Å². The number of anilines is 1. The van der Waals surface area contributed by atoms with Gasteiger partial charge in [0.2, 0.25) is 5.13 Å². The van der Waals surface area contributed by atoms with E-state index in [1.54, 1.807) is 30.8 Å². The van der Waals surface area contributed by atoms with Crippen molar-refractivity contribution >= 4 is 45.5 Å². The minimum absolute atomic E-state index is 0.262. The van der Waals surface area contributed by atoms with Crippen LogP contribution in [0.4, 0.5) is 9.52 Å². The maximum absolute atomic E-state index is 13.0. The van der Waals surface area contributed by atoms with Crippen molar-refractivity contribution in [3.8, 4) is 10.6 Å². The normalized spacial score (nSPS) is 10.8. The minimum atomic E-state index is -0.304. The molecule has 3 rings (SSSR count). The first kappa shape index (κ1) is 17.0. The number of halogens is 1. The van der Waals surface area contributed by atoms with Crippen LogP contribution in [-0.2, 0) is 0 Å². The largest absolute Gasteiger partial charge is 0.296 e. The van der Waals surface area contributed by atoms with E-state index in [-0.39, 0.29) is 11.7 Å². The van der Waals surface area contributed by atoms with Gasteiger partial charge in [-0.1, -0.05) is 30.0 Å². The topological polar surface area (TPSA) is 67.8 Å². The molecule has 1 N–H and O–H groups in total. The molecule has 0 saturated heterocycles. The zero-order valence-corrected chi connectivity index (χ0v) is 15.3. The van der Waals surface area contributed by atoms with E-state index in [1.807, 2.05) is 6.92 Å². The van der Waals surface area contributed by atoms with Crippen LogP contribution < -0.4 is 5.32 Å². The number of carbonyl (C=O) groups is 1. The number of rotatable bonds is 5. The molecule has 2 heterocycles. The first-order chi connectivity index (χ1) is 11.6. The first-order valence-electron chi connectivity index (χ1n) is 7.08. The Hall–Kier alpha value is -1.84. The molecule has 0 spiro atoms. The fourth-order valence-electron chi connectivity index (χ4n) is 1.92. The lowest BCUT2D eigenvalue weighted by Gasteiger charge is -1.98. The number of hydrogen-bond acceptors (Lipinski definition) is 7. The number of carbonyl (C=O) groups excluding carboxylic acids is 1. The lowest BCUT2D eigenvalue weighted by molar-refractivity contribution is 0.102. The Morgan fingerprint density at radius 1 is 1.25 bits per heavy atom. The molecule has 1 aromatic carbocycles. The summed E-state index contributed by atoms with van der Waals surface area (Å²) in [6.07, 6.45) is 0. The molecule has 0 unspecified atom stereocenters. The molecule has 5 nitrogen and oxygen atoms in total. The lowest BCUT2D eigenvalue weighted by Crippen LogP contribution is -2.11. The summed E-state index contributed by atoms with van der Waals surface area (Å²) in [4.78, 5) is 17.3. The number of hydrogen-bond donors (Lipinski definition) is 1. The standard InChI is InChI=1S/C15H13FN4OS3/c1-3-22-15-20-19-14(24-15)18-12(21)11-8(2)17-13(23-11)9-4-6-10(16)7-5-9/h4-7H,3H2,1-2H3,(H,18,19,21). The van der Waals surface area contributed by atoms with Gasteiger partial charge in [-0.15, -0.1) is 21.5 Å². The maximum Gasteiger partial charge on any atom is 0.269 e. The van der Waals surface area contributed by atoms with Crippen LogP contribution in [0.1, 0.15) is 22.3 Å². The van der Waals surface area contributed by atoms with E-state index >= 15 is 0 Å². The molecule has 0 aliphatic carbocycles. The van der Waals surface area contributed by atoms with Crippen LogP contribution in [0.5, 0.6) is 0 Å². The summed E-state index contributed by atoms with van der Waals surface area (Å²) in [7, 11) is 0. The summed E-state index contributed by atoms with van der Waals surface area (Å²) in [6, 6.07) is 6.04. The summed E-state index contributed by atoms with van der Waals surface area (Å²) in [5.74, 6) is 0.335. The molecular formula is C15H13FN4OS3. The van der Waals surface area contributed by atoms with Crippen molar-refractivity contribution in [2.45, 2.75) is 18.2 Å². The molecule has 0 bridgehead atoms. The van der Waals surface area contributed by atoms with E-state index in [0.717, 1.165) is 15.7 Å². The van der Waals surface area contributed by atoms with Crippen molar-refractivity contribution in [1.82, 2.24) is 15.2 Å². The van der Waals surface area contributed by atoms with Gasteiger partial charge in [-0.05, 0) is 36.9 Å². The second-order valence-electron chi connectivity index (χ2n) is 4.70. The van der Waals surface area contributed by atoms with Crippen LogP contribution in [0.15, 0.2) is 28.6 Å². The smallest absolute Gasteiger partial charge is 0.269 e. The quantitative estimate of drug-likeness (QED) is 0.522. The average Bonchev–Trinajstić information content (AvgIpc) is 3.15. The van der Waals surface area contributed by atoms with Crippen molar-refractivity contribution < 1.29 is 9.18 Å². The van der Waals surface area contributed by atoms with Crippen molar-refractivity contribution in [3.05, 3.63) is 40.7 Å². The van der Waals surface area contributed by atoms with Crippen molar-refractivity contribution in [2.24, 2.45) is 0 Å². The van der Waals surface area contributed by atoms with E-state index in [4.69, 9.17) is 0 Å². The fourth-order valence-corrected chi connectivity index (χ4v) is 4.53. The van der Waals surface area contributed by atoms with Gasteiger partial charge in [-0.25, -0.2) is 9.37 Å². The molecule has 0 saturated carbocycles. The molecule has 1 amide bonds. The summed E-state index contributed by atoms with van der Waals surface area (Å²) < 4.78 is 13.8. The SMILES string of the molecule is CCSc1nnc(NC(=O)c2sc(-c3ccc(F)cc3)nc2C)s1. The number of thioether (sulfide) groups is 1. The number of benzene rings is 1. The highest BCUT2D eigenvalue weighted by Crippen LogP contribution is 2.30. The Balaban J connectivity index is 1.78. The van der Waals surface area contributed by atoms with E-state index < -0.39 is 0 Å². The van der Waals surface area contributed by atoms with Crippen molar-refractivity contribution in [3.63, 3.8) is 0 Å². The Morgan fingerprint density at radius 3 is 2.71 bits per heavy atom. The summed E-state index contributed by atoms with van der Waals surface area (Å²) >= 11 is 4.19. The molecule has 0 aliphatic rings. The number of aromatic nitrogens is 3. The van der Waals surface area contributed by atoms with Gasteiger partial charge in [0.1, 0.15) is 15.7 Å². The van der Waals surface area contributed by atoms with Gasteiger partial charge >= 0.3 is 0 Å². The third-order valence-corrected chi connectivity index (χ3v) is 6.05. The third-order valence-electron chi connectivity index (χ3n) is 2.99. The fraction of sp³-hybridized carbons (Fsp3) is 0.200. The van der Waals surface area contributed by atoms with Gasteiger partial charge in [0, 0.05) is 5.56 Å².